The Morgan fingerprint density at radius 2 is 1.71 bits per heavy atom. The van der Waals surface area contributed by atoms with Crippen LogP contribution in [-0.2, 0) is 0 Å². The van der Waals surface area contributed by atoms with Gasteiger partial charge in [0.2, 0.25) is 0 Å². The molecule has 76 valence electrons. The van der Waals surface area contributed by atoms with Gasteiger partial charge in [-0.3, -0.25) is 0 Å². The average molecular weight is 213 g/mol. The molecule has 1 fully saturated rings. The fourth-order valence-electron chi connectivity index (χ4n) is 2.17. The van der Waals surface area contributed by atoms with Crippen molar-refractivity contribution in [2.45, 2.75) is 31.1 Å². The molecular weight excluding hydrogens is 199 g/mol. The van der Waals surface area contributed by atoms with Gasteiger partial charge in [0.15, 0.2) is 0 Å². The Labute approximate surface area is 89.1 Å². The molecule has 0 radical (unpaired) electrons. The van der Waals surface area contributed by atoms with Gasteiger partial charge >= 0.3 is 0 Å². The molecule has 0 aliphatic heterocycles. The van der Waals surface area contributed by atoms with Gasteiger partial charge in [0.25, 0.3) is 0 Å². The van der Waals surface area contributed by atoms with Gasteiger partial charge < -0.3 is 0 Å². The van der Waals surface area contributed by atoms with Crippen molar-refractivity contribution < 1.29 is 4.39 Å². The van der Waals surface area contributed by atoms with Crippen LogP contribution in [0.1, 0.15) is 36.6 Å². The first kappa shape index (κ1) is 9.97. The van der Waals surface area contributed by atoms with Gasteiger partial charge in [-0.25, -0.2) is 4.39 Å². The van der Waals surface area contributed by atoms with Crippen LogP contribution in [-0.4, -0.2) is 0 Å². The maximum absolute atomic E-state index is 12.7. The quantitative estimate of drug-likeness (QED) is 0.642. The van der Waals surface area contributed by atoms with E-state index in [2.05, 4.69) is 0 Å². The predicted molar refractivity (Wildman–Crippen MR) is 57.0 cm³/mol. The average Bonchev–Trinajstić information content (AvgIpc) is 2.71. The monoisotopic (exact) mass is 212 g/mol. The Kier molecular flexibility index (Phi) is 3.07. The first-order valence-electron chi connectivity index (χ1n) is 5.17. The van der Waals surface area contributed by atoms with Crippen molar-refractivity contribution in [2.75, 3.05) is 0 Å². The van der Waals surface area contributed by atoms with Crippen LogP contribution in [0, 0.1) is 11.7 Å². The maximum atomic E-state index is 12.7. The smallest absolute Gasteiger partial charge is 0.123 e. The molecule has 0 spiro atoms. The van der Waals surface area contributed by atoms with Gasteiger partial charge in [-0.15, -0.1) is 11.6 Å². The predicted octanol–water partition coefficient (Wildman–Crippen LogP) is 4.30. The van der Waals surface area contributed by atoms with E-state index >= 15 is 0 Å². The van der Waals surface area contributed by atoms with Crippen LogP contribution in [0.2, 0.25) is 0 Å². The van der Waals surface area contributed by atoms with E-state index in [9.17, 15) is 4.39 Å². The SMILES string of the molecule is Fc1ccc(C(Cl)C2CCCC2)cc1. The summed E-state index contributed by atoms with van der Waals surface area (Å²) >= 11 is 6.34. The fraction of sp³-hybridized carbons (Fsp3) is 0.500. The summed E-state index contributed by atoms with van der Waals surface area (Å²) in [6, 6.07) is 6.57. The summed E-state index contributed by atoms with van der Waals surface area (Å²) in [5, 5.41) is 0.0677. The summed E-state index contributed by atoms with van der Waals surface area (Å²) in [6.45, 7) is 0. The van der Waals surface area contributed by atoms with Crippen molar-refractivity contribution in [1.29, 1.82) is 0 Å². The molecule has 1 aliphatic carbocycles. The molecule has 0 bridgehead atoms. The molecule has 0 N–H and O–H groups in total. The van der Waals surface area contributed by atoms with Gasteiger partial charge in [-0.1, -0.05) is 25.0 Å². The summed E-state index contributed by atoms with van der Waals surface area (Å²) in [6.07, 6.45) is 5.00. The second-order valence-corrected chi connectivity index (χ2v) is 4.47. The summed E-state index contributed by atoms with van der Waals surface area (Å²) in [5.74, 6) is 0.395. The maximum Gasteiger partial charge on any atom is 0.123 e. The van der Waals surface area contributed by atoms with Gasteiger partial charge in [-0.05, 0) is 36.5 Å². The Bertz CT molecular complexity index is 288. The van der Waals surface area contributed by atoms with E-state index < -0.39 is 0 Å². The van der Waals surface area contributed by atoms with Crippen molar-refractivity contribution in [1.82, 2.24) is 0 Å². The van der Waals surface area contributed by atoms with Gasteiger partial charge in [0, 0.05) is 0 Å². The molecular formula is C12H14ClF. The molecule has 2 rings (SSSR count). The minimum Gasteiger partial charge on any atom is -0.207 e. The standard InChI is InChI=1S/C12H14ClF/c13-12(9-3-1-2-4-9)10-5-7-11(14)8-6-10/h5-9,12H,1-4H2. The molecule has 0 aromatic heterocycles. The number of rotatable bonds is 2. The number of benzene rings is 1. The lowest BCUT2D eigenvalue weighted by Gasteiger charge is -2.16. The molecule has 0 amide bonds. The minimum absolute atomic E-state index is 0.0677. The fourth-order valence-corrected chi connectivity index (χ4v) is 2.57. The molecule has 1 saturated carbocycles. The normalized spacial score (nSPS) is 19.9. The highest BCUT2D eigenvalue weighted by Crippen LogP contribution is 2.39. The molecule has 1 aliphatic rings. The Morgan fingerprint density at radius 3 is 2.29 bits per heavy atom. The molecule has 1 aromatic carbocycles. The van der Waals surface area contributed by atoms with E-state index in [0.29, 0.717) is 5.92 Å². The molecule has 0 heterocycles. The van der Waals surface area contributed by atoms with Crippen LogP contribution in [0.25, 0.3) is 0 Å². The minimum atomic E-state index is -0.191. The van der Waals surface area contributed by atoms with E-state index in [4.69, 9.17) is 11.6 Å². The van der Waals surface area contributed by atoms with Crippen LogP contribution in [0.3, 0.4) is 0 Å². The largest absolute Gasteiger partial charge is 0.207 e. The molecule has 0 nitrogen and oxygen atoms in total. The zero-order chi connectivity index (χ0) is 9.97. The van der Waals surface area contributed by atoms with E-state index in [1.165, 1.54) is 37.8 Å². The van der Waals surface area contributed by atoms with Crippen molar-refractivity contribution in [2.24, 2.45) is 5.92 Å². The summed E-state index contributed by atoms with van der Waals surface area (Å²) in [5.41, 5.74) is 1.06. The van der Waals surface area contributed by atoms with E-state index in [-0.39, 0.29) is 11.2 Å². The van der Waals surface area contributed by atoms with Crippen molar-refractivity contribution in [3.8, 4) is 0 Å². The van der Waals surface area contributed by atoms with Crippen molar-refractivity contribution >= 4 is 11.6 Å². The molecule has 1 aromatic rings. The Hall–Kier alpha value is -0.560. The molecule has 2 heteroatoms. The topological polar surface area (TPSA) is 0 Å². The van der Waals surface area contributed by atoms with Crippen LogP contribution in [0.4, 0.5) is 4.39 Å². The third-order valence-electron chi connectivity index (χ3n) is 3.00. The zero-order valence-electron chi connectivity index (χ0n) is 8.05. The Balaban J connectivity index is 2.09. The second kappa shape index (κ2) is 4.31. The highest BCUT2D eigenvalue weighted by Gasteiger charge is 2.24. The lowest BCUT2D eigenvalue weighted by atomic mass is 9.97. The van der Waals surface area contributed by atoms with Gasteiger partial charge in [-0.2, -0.15) is 0 Å². The summed E-state index contributed by atoms with van der Waals surface area (Å²) in [4.78, 5) is 0. The lowest BCUT2D eigenvalue weighted by Crippen LogP contribution is -2.03. The van der Waals surface area contributed by atoms with Crippen molar-refractivity contribution in [3.05, 3.63) is 35.6 Å². The van der Waals surface area contributed by atoms with Crippen molar-refractivity contribution in [3.63, 3.8) is 0 Å². The number of hydrogen-bond donors (Lipinski definition) is 0. The molecule has 1 unspecified atom stereocenters. The highest BCUT2D eigenvalue weighted by atomic mass is 35.5. The van der Waals surface area contributed by atoms with Gasteiger partial charge in [0.1, 0.15) is 5.82 Å². The van der Waals surface area contributed by atoms with Crippen LogP contribution in [0.15, 0.2) is 24.3 Å². The van der Waals surface area contributed by atoms with E-state index in [1.54, 1.807) is 12.1 Å². The number of hydrogen-bond acceptors (Lipinski definition) is 0. The summed E-state index contributed by atoms with van der Waals surface area (Å²) in [7, 11) is 0. The van der Waals surface area contributed by atoms with Crippen LogP contribution < -0.4 is 0 Å². The third-order valence-corrected chi connectivity index (χ3v) is 3.61. The van der Waals surface area contributed by atoms with Gasteiger partial charge in [0.05, 0.1) is 5.38 Å². The van der Waals surface area contributed by atoms with E-state index in [0.717, 1.165) is 5.56 Å². The molecule has 1 atom stereocenters. The lowest BCUT2D eigenvalue weighted by molar-refractivity contribution is 0.528. The number of halogens is 2. The first-order valence-corrected chi connectivity index (χ1v) is 5.60. The Morgan fingerprint density at radius 1 is 1.14 bits per heavy atom. The highest BCUT2D eigenvalue weighted by molar-refractivity contribution is 6.21. The number of alkyl halides is 1. The second-order valence-electron chi connectivity index (χ2n) is 4.00. The molecule has 0 saturated heterocycles. The van der Waals surface area contributed by atoms with E-state index in [1.807, 2.05) is 0 Å². The molecule has 14 heavy (non-hydrogen) atoms. The third kappa shape index (κ3) is 2.09. The van der Waals surface area contributed by atoms with Crippen LogP contribution in [0.5, 0.6) is 0 Å². The zero-order valence-corrected chi connectivity index (χ0v) is 8.80. The van der Waals surface area contributed by atoms with Crippen LogP contribution >= 0.6 is 11.6 Å². The summed E-state index contributed by atoms with van der Waals surface area (Å²) < 4.78 is 12.7. The first-order chi connectivity index (χ1) is 6.77.